The average molecular weight is 455 g/mol. The number of benzene rings is 3. The van der Waals surface area contributed by atoms with Gasteiger partial charge in [0.15, 0.2) is 0 Å². The molecule has 0 saturated carbocycles. The maximum atomic E-state index is 12.2. The number of hydrogen-bond donors (Lipinski definition) is 1. The summed E-state index contributed by atoms with van der Waals surface area (Å²) in [7, 11) is 0. The molecule has 0 bridgehead atoms. The van der Waals surface area contributed by atoms with Crippen molar-refractivity contribution >= 4 is 35.1 Å². The first-order chi connectivity index (χ1) is 15.2. The Hall–Kier alpha value is -4.31. The van der Waals surface area contributed by atoms with Crippen LogP contribution in [0.4, 0.5) is 11.4 Å². The molecule has 3 aromatic carbocycles. The molecule has 0 radical (unpaired) electrons. The normalized spacial score (nSPS) is 10.7. The Bertz CT molecular complexity index is 1240. The molecule has 10 nitrogen and oxygen atoms in total. The van der Waals surface area contributed by atoms with Crippen LogP contribution in [0.2, 0.25) is 5.02 Å². The van der Waals surface area contributed by atoms with Crippen molar-refractivity contribution in [2.45, 2.75) is 6.92 Å². The lowest BCUT2D eigenvalue weighted by molar-refractivity contribution is -0.394. The number of nitro groups is 2. The molecule has 0 atom stereocenters. The minimum Gasteiger partial charge on any atom is -0.450 e. The Labute approximate surface area is 186 Å². The lowest BCUT2D eigenvalue weighted by Gasteiger charge is -2.07. The SMILES string of the molecule is Cc1ccc(C(=O)NN=Cc2cccc(Oc3ccc([N+](=O)[O-])cc3[N+](=O)[O-])c2)c(Cl)c1. The Kier molecular flexibility index (Phi) is 6.76. The van der Waals surface area contributed by atoms with E-state index < -0.39 is 27.1 Å². The largest absolute Gasteiger partial charge is 0.450 e. The van der Waals surface area contributed by atoms with Crippen molar-refractivity contribution in [1.82, 2.24) is 5.43 Å². The van der Waals surface area contributed by atoms with Gasteiger partial charge in [0.25, 0.3) is 11.6 Å². The number of rotatable bonds is 7. The molecule has 3 rings (SSSR count). The van der Waals surface area contributed by atoms with Crippen LogP contribution in [0.1, 0.15) is 21.5 Å². The second-order valence-corrected chi connectivity index (χ2v) is 6.93. The Morgan fingerprint density at radius 3 is 2.53 bits per heavy atom. The standard InChI is InChI=1S/C21H15ClN4O6/c1-13-5-7-17(18(22)9-13)21(27)24-23-12-14-3-2-4-16(10-14)32-20-8-6-15(25(28)29)11-19(20)26(30)31/h2-12H,1H3,(H,24,27). The first kappa shape index (κ1) is 22.4. The number of nitro benzene ring substituents is 2. The van der Waals surface area contributed by atoms with Crippen LogP contribution in [-0.4, -0.2) is 22.0 Å². The van der Waals surface area contributed by atoms with Crippen molar-refractivity contribution in [3.63, 3.8) is 0 Å². The van der Waals surface area contributed by atoms with Crippen LogP contribution in [0.25, 0.3) is 0 Å². The highest BCUT2D eigenvalue weighted by Crippen LogP contribution is 2.34. The van der Waals surface area contributed by atoms with Gasteiger partial charge >= 0.3 is 5.69 Å². The van der Waals surface area contributed by atoms with Crippen molar-refractivity contribution < 1.29 is 19.4 Å². The monoisotopic (exact) mass is 454 g/mol. The number of hydrazone groups is 1. The van der Waals surface area contributed by atoms with E-state index in [1.54, 1.807) is 36.4 Å². The van der Waals surface area contributed by atoms with E-state index in [0.29, 0.717) is 10.6 Å². The minimum atomic E-state index is -0.765. The molecule has 162 valence electrons. The van der Waals surface area contributed by atoms with Crippen LogP contribution in [-0.2, 0) is 0 Å². The van der Waals surface area contributed by atoms with Gasteiger partial charge in [-0.2, -0.15) is 5.10 Å². The molecular formula is C21H15ClN4O6. The minimum absolute atomic E-state index is 0.156. The lowest BCUT2D eigenvalue weighted by atomic mass is 10.1. The molecule has 3 aromatic rings. The van der Waals surface area contributed by atoms with Crippen molar-refractivity contribution in [2.24, 2.45) is 5.10 Å². The number of nitrogens with zero attached hydrogens (tertiary/aromatic N) is 3. The number of non-ortho nitro benzene ring substituents is 1. The Morgan fingerprint density at radius 2 is 1.84 bits per heavy atom. The molecule has 0 saturated heterocycles. The van der Waals surface area contributed by atoms with Gasteiger partial charge in [-0.3, -0.25) is 25.0 Å². The first-order valence-electron chi connectivity index (χ1n) is 9.05. The van der Waals surface area contributed by atoms with Crippen molar-refractivity contribution in [3.05, 3.63) is 103 Å². The summed E-state index contributed by atoms with van der Waals surface area (Å²) in [6.07, 6.45) is 1.36. The van der Waals surface area contributed by atoms with Gasteiger partial charge in [0.2, 0.25) is 5.75 Å². The van der Waals surface area contributed by atoms with Crippen molar-refractivity contribution in [3.8, 4) is 11.5 Å². The van der Waals surface area contributed by atoms with Gasteiger partial charge in [-0.25, -0.2) is 5.43 Å². The average Bonchev–Trinajstić information content (AvgIpc) is 2.74. The number of ether oxygens (including phenoxy) is 1. The fourth-order valence-electron chi connectivity index (χ4n) is 2.66. The Morgan fingerprint density at radius 1 is 1.06 bits per heavy atom. The van der Waals surface area contributed by atoms with Gasteiger partial charge in [-0.05, 0) is 48.4 Å². The molecular weight excluding hydrogens is 440 g/mol. The number of carbonyl (C=O) groups excluding carboxylic acids is 1. The molecule has 0 heterocycles. The third kappa shape index (κ3) is 5.43. The van der Waals surface area contributed by atoms with Crippen LogP contribution < -0.4 is 10.2 Å². The van der Waals surface area contributed by atoms with E-state index >= 15 is 0 Å². The molecule has 0 aromatic heterocycles. The van der Waals surface area contributed by atoms with E-state index in [4.69, 9.17) is 16.3 Å². The maximum absolute atomic E-state index is 12.2. The number of aryl methyl sites for hydroxylation is 1. The van der Waals surface area contributed by atoms with E-state index in [-0.39, 0.29) is 17.1 Å². The lowest BCUT2D eigenvalue weighted by Crippen LogP contribution is -2.18. The highest BCUT2D eigenvalue weighted by Gasteiger charge is 2.21. The van der Waals surface area contributed by atoms with E-state index in [2.05, 4.69) is 10.5 Å². The molecule has 0 aliphatic carbocycles. The molecule has 0 fully saturated rings. The van der Waals surface area contributed by atoms with Gasteiger partial charge in [-0.15, -0.1) is 0 Å². The quantitative estimate of drug-likeness (QED) is 0.302. The molecule has 1 amide bonds. The number of halogens is 1. The number of hydrogen-bond acceptors (Lipinski definition) is 7. The summed E-state index contributed by atoms with van der Waals surface area (Å²) in [5.41, 5.74) is 3.13. The van der Waals surface area contributed by atoms with Crippen LogP contribution in [0, 0.1) is 27.2 Å². The molecule has 1 N–H and O–H groups in total. The summed E-state index contributed by atoms with van der Waals surface area (Å²) in [4.78, 5) is 32.8. The third-order valence-electron chi connectivity index (χ3n) is 4.18. The van der Waals surface area contributed by atoms with Crippen molar-refractivity contribution in [2.75, 3.05) is 0 Å². The smallest absolute Gasteiger partial charge is 0.318 e. The van der Waals surface area contributed by atoms with Crippen LogP contribution in [0.5, 0.6) is 11.5 Å². The van der Waals surface area contributed by atoms with E-state index in [1.807, 2.05) is 6.92 Å². The zero-order valence-corrected chi connectivity index (χ0v) is 17.3. The topological polar surface area (TPSA) is 137 Å². The summed E-state index contributed by atoms with van der Waals surface area (Å²) in [5, 5.41) is 26.3. The highest BCUT2D eigenvalue weighted by atomic mass is 35.5. The molecule has 0 aliphatic heterocycles. The fourth-order valence-corrected chi connectivity index (χ4v) is 2.98. The molecule has 11 heteroatoms. The van der Waals surface area contributed by atoms with Crippen LogP contribution >= 0.6 is 11.6 Å². The van der Waals surface area contributed by atoms with Crippen LogP contribution in [0.15, 0.2) is 65.8 Å². The predicted octanol–water partition coefficient (Wildman–Crippen LogP) is 5.02. The molecule has 0 aliphatic rings. The first-order valence-corrected chi connectivity index (χ1v) is 9.42. The molecule has 0 unspecified atom stereocenters. The number of amides is 1. The van der Waals surface area contributed by atoms with E-state index in [0.717, 1.165) is 23.8 Å². The number of nitrogens with one attached hydrogen (secondary N) is 1. The number of carbonyl (C=O) groups is 1. The van der Waals surface area contributed by atoms with Gasteiger partial charge in [0, 0.05) is 6.07 Å². The second kappa shape index (κ2) is 9.67. The van der Waals surface area contributed by atoms with E-state index in [9.17, 15) is 25.0 Å². The summed E-state index contributed by atoms with van der Waals surface area (Å²) in [5.74, 6) is -0.407. The van der Waals surface area contributed by atoms with Crippen molar-refractivity contribution in [1.29, 1.82) is 0 Å². The second-order valence-electron chi connectivity index (χ2n) is 6.52. The third-order valence-corrected chi connectivity index (χ3v) is 4.50. The summed E-state index contributed by atoms with van der Waals surface area (Å²) in [6, 6.07) is 14.5. The van der Waals surface area contributed by atoms with Gasteiger partial charge in [-0.1, -0.05) is 29.8 Å². The zero-order chi connectivity index (χ0) is 23.3. The summed E-state index contributed by atoms with van der Waals surface area (Å²) >= 11 is 6.07. The predicted molar refractivity (Wildman–Crippen MR) is 118 cm³/mol. The Balaban J connectivity index is 1.74. The summed E-state index contributed by atoms with van der Waals surface area (Å²) < 4.78 is 5.54. The molecule has 32 heavy (non-hydrogen) atoms. The van der Waals surface area contributed by atoms with Crippen LogP contribution in [0.3, 0.4) is 0 Å². The van der Waals surface area contributed by atoms with Gasteiger partial charge < -0.3 is 4.74 Å². The van der Waals surface area contributed by atoms with E-state index in [1.165, 1.54) is 12.3 Å². The maximum Gasteiger partial charge on any atom is 0.318 e. The fraction of sp³-hybridized carbons (Fsp3) is 0.0476. The van der Waals surface area contributed by atoms with Gasteiger partial charge in [0.1, 0.15) is 5.75 Å². The van der Waals surface area contributed by atoms with Gasteiger partial charge in [0.05, 0.1) is 32.7 Å². The summed E-state index contributed by atoms with van der Waals surface area (Å²) in [6.45, 7) is 1.85. The molecule has 0 spiro atoms. The highest BCUT2D eigenvalue weighted by molar-refractivity contribution is 6.33. The zero-order valence-electron chi connectivity index (χ0n) is 16.5.